The highest BCUT2D eigenvalue weighted by molar-refractivity contribution is 5.91. The number of hydrogen-bond donors (Lipinski definition) is 1. The van der Waals surface area contributed by atoms with Crippen molar-refractivity contribution >= 4 is 16.9 Å². The van der Waals surface area contributed by atoms with Gasteiger partial charge in [-0.3, -0.25) is 0 Å². The van der Waals surface area contributed by atoms with Crippen molar-refractivity contribution in [3.63, 3.8) is 0 Å². The second kappa shape index (κ2) is 5.88. The van der Waals surface area contributed by atoms with Crippen LogP contribution in [0, 0.1) is 6.92 Å². The maximum absolute atomic E-state index is 12.5. The maximum atomic E-state index is 12.5. The molecule has 134 valence electrons. The van der Waals surface area contributed by atoms with Crippen LogP contribution >= 0.6 is 0 Å². The Morgan fingerprint density at radius 2 is 1.92 bits per heavy atom. The first-order valence-corrected chi connectivity index (χ1v) is 8.56. The number of methoxy groups -OCH3 is 2. The summed E-state index contributed by atoms with van der Waals surface area (Å²) in [4.78, 5) is 12.5. The Bertz CT molecular complexity index is 992. The SMILES string of the molecule is COC(=O)[C@@]1(O)C[C@H](c2ccccc2)c2c(C)c3cc(OC)ccc3n21. The molecular formula is C21H21NO4. The predicted octanol–water partition coefficient (Wildman–Crippen LogP) is 3.31. The molecule has 2 atom stereocenters. The molecular weight excluding hydrogens is 330 g/mol. The summed E-state index contributed by atoms with van der Waals surface area (Å²) >= 11 is 0. The topological polar surface area (TPSA) is 60.7 Å². The van der Waals surface area contributed by atoms with Crippen LogP contribution in [0.5, 0.6) is 5.75 Å². The van der Waals surface area contributed by atoms with Crippen molar-refractivity contribution in [2.45, 2.75) is 25.0 Å². The Hall–Kier alpha value is -2.79. The van der Waals surface area contributed by atoms with Crippen LogP contribution in [0.2, 0.25) is 0 Å². The summed E-state index contributed by atoms with van der Waals surface area (Å²) in [5, 5.41) is 12.3. The lowest BCUT2D eigenvalue weighted by atomic mass is 9.89. The molecule has 0 saturated carbocycles. The van der Waals surface area contributed by atoms with Crippen LogP contribution in [0.1, 0.15) is 29.2 Å². The fourth-order valence-electron chi connectivity index (χ4n) is 4.16. The standard InChI is InChI=1S/C21H21NO4/c1-13-16-11-15(25-2)9-10-18(16)22-19(13)17(14-7-5-4-6-8-14)12-21(22,24)20(23)26-3/h4-11,17,24H,12H2,1-3H3/t17-,21+/m1/s1. The van der Waals surface area contributed by atoms with Gasteiger partial charge in [-0.05, 0) is 36.2 Å². The van der Waals surface area contributed by atoms with Crippen LogP contribution < -0.4 is 4.74 Å². The van der Waals surface area contributed by atoms with Crippen molar-refractivity contribution in [2.24, 2.45) is 0 Å². The summed E-state index contributed by atoms with van der Waals surface area (Å²) in [6, 6.07) is 15.6. The second-order valence-corrected chi connectivity index (χ2v) is 6.70. The zero-order chi connectivity index (χ0) is 18.5. The lowest BCUT2D eigenvalue weighted by Gasteiger charge is -2.23. The molecule has 3 aromatic rings. The van der Waals surface area contributed by atoms with E-state index in [0.29, 0.717) is 0 Å². The van der Waals surface area contributed by atoms with Crippen LogP contribution in [-0.2, 0) is 15.3 Å². The number of rotatable bonds is 3. The molecule has 0 radical (unpaired) electrons. The van der Waals surface area contributed by atoms with Gasteiger partial charge in [0.1, 0.15) is 5.75 Å². The summed E-state index contributed by atoms with van der Waals surface area (Å²) in [7, 11) is 2.93. The van der Waals surface area contributed by atoms with Crippen molar-refractivity contribution in [3.05, 3.63) is 65.4 Å². The van der Waals surface area contributed by atoms with E-state index >= 15 is 0 Å². The molecule has 0 saturated heterocycles. The van der Waals surface area contributed by atoms with Crippen molar-refractivity contribution in [2.75, 3.05) is 14.2 Å². The van der Waals surface area contributed by atoms with Gasteiger partial charge in [0.05, 0.1) is 19.7 Å². The number of aromatic nitrogens is 1. The van der Waals surface area contributed by atoms with Crippen molar-refractivity contribution in [1.29, 1.82) is 0 Å². The minimum Gasteiger partial charge on any atom is -0.497 e. The molecule has 0 amide bonds. The number of benzene rings is 2. The van der Waals surface area contributed by atoms with Crippen LogP contribution in [0.3, 0.4) is 0 Å². The van der Waals surface area contributed by atoms with E-state index in [1.54, 1.807) is 11.7 Å². The molecule has 0 fully saturated rings. The number of fused-ring (bicyclic) bond motifs is 3. The Morgan fingerprint density at radius 3 is 2.58 bits per heavy atom. The molecule has 1 aliphatic rings. The molecule has 2 aromatic carbocycles. The molecule has 0 aliphatic carbocycles. The number of carbonyl (C=O) groups excluding carboxylic acids is 1. The third-order valence-electron chi connectivity index (χ3n) is 5.38. The number of ether oxygens (including phenoxy) is 2. The van der Waals surface area contributed by atoms with Gasteiger partial charge in [0.15, 0.2) is 0 Å². The second-order valence-electron chi connectivity index (χ2n) is 6.70. The molecule has 0 spiro atoms. The van der Waals surface area contributed by atoms with Gasteiger partial charge in [0.2, 0.25) is 5.72 Å². The zero-order valence-corrected chi connectivity index (χ0v) is 15.0. The molecule has 0 bridgehead atoms. The third kappa shape index (κ3) is 2.17. The monoisotopic (exact) mass is 351 g/mol. The van der Waals surface area contributed by atoms with Crippen LogP contribution in [-0.4, -0.2) is 29.9 Å². The van der Waals surface area contributed by atoms with Gasteiger partial charge in [-0.1, -0.05) is 30.3 Å². The first kappa shape index (κ1) is 16.7. The number of aliphatic hydroxyl groups is 1. The van der Waals surface area contributed by atoms with E-state index in [2.05, 4.69) is 0 Å². The van der Waals surface area contributed by atoms with Gasteiger partial charge in [-0.2, -0.15) is 0 Å². The normalized spacial score (nSPS) is 21.6. The fourth-order valence-corrected chi connectivity index (χ4v) is 4.16. The molecule has 0 unspecified atom stereocenters. The van der Waals surface area contributed by atoms with Crippen molar-refractivity contribution < 1.29 is 19.4 Å². The minimum atomic E-state index is -1.73. The summed E-state index contributed by atoms with van der Waals surface area (Å²) < 4.78 is 12.0. The average molecular weight is 351 g/mol. The molecule has 5 heteroatoms. The first-order valence-electron chi connectivity index (χ1n) is 8.56. The van der Waals surface area contributed by atoms with E-state index in [0.717, 1.165) is 33.5 Å². The number of aryl methyl sites for hydroxylation is 1. The van der Waals surface area contributed by atoms with Crippen molar-refractivity contribution in [1.82, 2.24) is 4.57 Å². The number of carbonyl (C=O) groups is 1. The van der Waals surface area contributed by atoms with E-state index in [4.69, 9.17) is 9.47 Å². The minimum absolute atomic E-state index is 0.0984. The van der Waals surface area contributed by atoms with Crippen LogP contribution in [0.4, 0.5) is 0 Å². The van der Waals surface area contributed by atoms with E-state index in [-0.39, 0.29) is 12.3 Å². The fraction of sp³-hybridized carbons (Fsp3) is 0.286. The van der Waals surface area contributed by atoms with Gasteiger partial charge in [0.25, 0.3) is 0 Å². The zero-order valence-electron chi connectivity index (χ0n) is 15.0. The largest absolute Gasteiger partial charge is 0.497 e. The highest BCUT2D eigenvalue weighted by Gasteiger charge is 2.51. The third-order valence-corrected chi connectivity index (χ3v) is 5.38. The van der Waals surface area contributed by atoms with Gasteiger partial charge in [0, 0.05) is 23.4 Å². The Labute approximate surface area is 151 Å². The first-order chi connectivity index (χ1) is 12.5. The molecule has 1 aliphatic heterocycles. The molecule has 5 nitrogen and oxygen atoms in total. The van der Waals surface area contributed by atoms with Gasteiger partial charge in [-0.25, -0.2) is 4.79 Å². The van der Waals surface area contributed by atoms with E-state index in [1.165, 1.54) is 7.11 Å². The number of esters is 1. The molecule has 1 aromatic heterocycles. The van der Waals surface area contributed by atoms with Gasteiger partial charge in [-0.15, -0.1) is 0 Å². The quantitative estimate of drug-likeness (QED) is 0.736. The van der Waals surface area contributed by atoms with Gasteiger partial charge < -0.3 is 19.1 Å². The van der Waals surface area contributed by atoms with E-state index in [1.807, 2.05) is 55.5 Å². The molecule has 4 rings (SSSR count). The predicted molar refractivity (Wildman–Crippen MR) is 98.3 cm³/mol. The number of hydrogen-bond acceptors (Lipinski definition) is 4. The van der Waals surface area contributed by atoms with Gasteiger partial charge >= 0.3 is 5.97 Å². The number of nitrogens with zero attached hydrogens (tertiary/aromatic N) is 1. The smallest absolute Gasteiger partial charge is 0.359 e. The molecule has 2 heterocycles. The Morgan fingerprint density at radius 1 is 1.19 bits per heavy atom. The highest BCUT2D eigenvalue weighted by Crippen LogP contribution is 2.49. The van der Waals surface area contributed by atoms with Crippen LogP contribution in [0.25, 0.3) is 10.9 Å². The highest BCUT2D eigenvalue weighted by atomic mass is 16.5. The van der Waals surface area contributed by atoms with Crippen molar-refractivity contribution in [3.8, 4) is 5.75 Å². The Kier molecular flexibility index (Phi) is 3.77. The summed E-state index contributed by atoms with van der Waals surface area (Å²) in [5.74, 6) is -0.00802. The average Bonchev–Trinajstić information content (AvgIpc) is 3.16. The molecule has 1 N–H and O–H groups in total. The summed E-state index contributed by atoms with van der Waals surface area (Å²) in [6.45, 7) is 2.02. The Balaban J connectivity index is 2.03. The lowest BCUT2D eigenvalue weighted by Crippen LogP contribution is -2.40. The van der Waals surface area contributed by atoms with E-state index < -0.39 is 11.7 Å². The van der Waals surface area contributed by atoms with Crippen LogP contribution in [0.15, 0.2) is 48.5 Å². The molecule has 26 heavy (non-hydrogen) atoms. The summed E-state index contributed by atoms with van der Waals surface area (Å²) in [6.07, 6.45) is 0.252. The maximum Gasteiger partial charge on any atom is 0.359 e. The van der Waals surface area contributed by atoms with E-state index in [9.17, 15) is 9.90 Å². The lowest BCUT2D eigenvalue weighted by molar-refractivity contribution is -0.172. The summed E-state index contributed by atoms with van der Waals surface area (Å²) in [5.41, 5.74) is 2.10.